The molecule has 2 N–H and O–H groups in total. The van der Waals surface area contributed by atoms with Crippen molar-refractivity contribution in [2.75, 3.05) is 0 Å². The number of fused-ring (bicyclic) bond motifs is 5. The summed E-state index contributed by atoms with van der Waals surface area (Å²) in [6.45, 7) is 0. The maximum Gasteiger partial charge on any atom is 0.256 e. The average Bonchev–Trinajstić information content (AvgIpc) is 3.42. The molecule has 2 fully saturated rings. The predicted molar refractivity (Wildman–Crippen MR) is 112 cm³/mol. The number of nitrogens with one attached hydrogen (secondary N) is 2. The summed E-state index contributed by atoms with van der Waals surface area (Å²) >= 11 is 0. The van der Waals surface area contributed by atoms with Gasteiger partial charge in [0.25, 0.3) is 5.56 Å². The van der Waals surface area contributed by atoms with Crippen LogP contribution in [0.15, 0.2) is 29.1 Å². The van der Waals surface area contributed by atoms with Crippen molar-refractivity contribution in [3.8, 4) is 6.07 Å². The van der Waals surface area contributed by atoms with Gasteiger partial charge in [0.1, 0.15) is 6.04 Å². The van der Waals surface area contributed by atoms with Gasteiger partial charge in [-0.2, -0.15) is 5.26 Å². The normalized spacial score (nSPS) is 22.9. The Balaban J connectivity index is 1.43. The molecule has 2 aliphatic carbocycles. The molecule has 0 radical (unpaired) electrons. The van der Waals surface area contributed by atoms with Crippen LogP contribution in [0, 0.1) is 46.5 Å². The van der Waals surface area contributed by atoms with Gasteiger partial charge < -0.3 is 10.3 Å². The summed E-state index contributed by atoms with van der Waals surface area (Å²) in [5, 5.41) is 12.9. The van der Waals surface area contributed by atoms with E-state index in [-0.39, 0.29) is 34.4 Å². The summed E-state index contributed by atoms with van der Waals surface area (Å²) in [5.74, 6) is -3.57. The molecule has 2 bridgehead atoms. The zero-order valence-corrected chi connectivity index (χ0v) is 17.1. The fraction of sp³-hybridized carbons (Fsp3) is 0.375. The second-order valence-electron chi connectivity index (χ2n) is 8.92. The Labute approximate surface area is 181 Å². The first kappa shape index (κ1) is 20.6. The van der Waals surface area contributed by atoms with E-state index in [2.05, 4.69) is 16.4 Å². The van der Waals surface area contributed by atoms with Gasteiger partial charge in [-0.1, -0.05) is 18.6 Å². The molecule has 0 saturated heterocycles. The minimum atomic E-state index is -1.65. The van der Waals surface area contributed by atoms with Gasteiger partial charge >= 0.3 is 0 Å². The maximum atomic E-state index is 14.1. The molecule has 3 aromatic rings. The zero-order valence-electron chi connectivity index (χ0n) is 17.1. The van der Waals surface area contributed by atoms with Crippen LogP contribution in [0.3, 0.4) is 0 Å². The van der Waals surface area contributed by atoms with Crippen molar-refractivity contribution in [3.05, 3.63) is 57.6 Å². The number of carbonyl (C=O) groups excluding carboxylic acids is 1. The molecule has 2 saturated carbocycles. The number of amides is 1. The first-order chi connectivity index (χ1) is 15.4. The number of nitriles is 1. The van der Waals surface area contributed by atoms with E-state index in [1.165, 1.54) is 18.6 Å². The number of hydrogen-bond donors (Lipinski definition) is 2. The number of carbonyl (C=O) groups is 1. The van der Waals surface area contributed by atoms with Crippen molar-refractivity contribution in [1.82, 2.24) is 10.3 Å². The molecular formula is C24H20F3N3O2. The van der Waals surface area contributed by atoms with Crippen molar-refractivity contribution in [2.24, 2.45) is 17.8 Å². The van der Waals surface area contributed by atoms with Crippen molar-refractivity contribution < 1.29 is 18.0 Å². The maximum absolute atomic E-state index is 14.1. The second kappa shape index (κ2) is 7.66. The molecule has 32 heavy (non-hydrogen) atoms. The van der Waals surface area contributed by atoms with E-state index < -0.39 is 34.6 Å². The molecular weight excluding hydrogens is 419 g/mol. The molecule has 1 unspecified atom stereocenters. The highest BCUT2D eigenvalue weighted by Crippen LogP contribution is 2.48. The molecule has 0 aliphatic heterocycles. The van der Waals surface area contributed by atoms with E-state index in [1.54, 1.807) is 6.07 Å². The van der Waals surface area contributed by atoms with Gasteiger partial charge in [0.05, 0.1) is 11.6 Å². The van der Waals surface area contributed by atoms with Gasteiger partial charge in [-0.25, -0.2) is 13.2 Å². The first-order valence-electron chi connectivity index (χ1n) is 10.7. The Kier molecular flexibility index (Phi) is 4.92. The van der Waals surface area contributed by atoms with Gasteiger partial charge in [0.2, 0.25) is 5.91 Å². The number of H-pyrrole nitrogens is 1. The minimum Gasteiger partial charge on any atom is -0.340 e. The fourth-order valence-corrected chi connectivity index (χ4v) is 5.46. The SMILES string of the molecule is N#CC(Cc1ccc2c(c1)c(=O)[nH]c1c(F)c(F)c(F)cc12)NC(=O)[C@H]1C[C@@H]2CC[C@H]1C2. The summed E-state index contributed by atoms with van der Waals surface area (Å²) in [6.07, 6.45) is 4.38. The van der Waals surface area contributed by atoms with Gasteiger partial charge in [-0.15, -0.1) is 0 Å². The standard InChI is InChI=1S/C24H20F3N3O2/c25-19-9-17-15-4-2-12(8-18(15)24(32)30-22(17)21(27)20(19)26)6-14(10-28)29-23(31)16-7-11-1-3-13(16)5-11/h2,4,8-9,11,13-14,16H,1,3,5-7H2,(H,29,31)(H,30,32)/t11-,13+,14?,16+/m1/s1. The largest absolute Gasteiger partial charge is 0.340 e. The van der Waals surface area contributed by atoms with E-state index >= 15 is 0 Å². The van der Waals surface area contributed by atoms with Gasteiger partial charge in [0, 0.05) is 23.1 Å². The molecule has 0 spiro atoms. The van der Waals surface area contributed by atoms with Crippen LogP contribution in [0.4, 0.5) is 13.2 Å². The van der Waals surface area contributed by atoms with E-state index in [0.29, 0.717) is 17.4 Å². The third-order valence-corrected chi connectivity index (χ3v) is 7.01. The molecule has 164 valence electrons. The van der Waals surface area contributed by atoms with E-state index in [9.17, 15) is 28.0 Å². The Morgan fingerprint density at radius 2 is 1.94 bits per heavy atom. The van der Waals surface area contributed by atoms with Gasteiger partial charge in [-0.3, -0.25) is 9.59 Å². The topological polar surface area (TPSA) is 85.8 Å². The zero-order chi connectivity index (χ0) is 22.6. The number of pyridine rings is 1. The third-order valence-electron chi connectivity index (χ3n) is 7.01. The number of aromatic amines is 1. The van der Waals surface area contributed by atoms with Crippen LogP contribution in [0.5, 0.6) is 0 Å². The van der Waals surface area contributed by atoms with E-state index in [4.69, 9.17) is 0 Å². The summed E-state index contributed by atoms with van der Waals surface area (Å²) < 4.78 is 41.4. The highest BCUT2D eigenvalue weighted by atomic mass is 19.2. The van der Waals surface area contributed by atoms with Crippen LogP contribution >= 0.6 is 0 Å². The summed E-state index contributed by atoms with van der Waals surface area (Å²) in [6, 6.07) is 6.87. The van der Waals surface area contributed by atoms with Crippen molar-refractivity contribution in [1.29, 1.82) is 5.26 Å². The minimum absolute atomic E-state index is 0.0411. The first-order valence-corrected chi connectivity index (χ1v) is 10.7. The Morgan fingerprint density at radius 3 is 2.62 bits per heavy atom. The van der Waals surface area contributed by atoms with Crippen LogP contribution in [-0.4, -0.2) is 16.9 Å². The summed E-state index contributed by atoms with van der Waals surface area (Å²) in [7, 11) is 0. The molecule has 4 atom stereocenters. The lowest BCUT2D eigenvalue weighted by molar-refractivity contribution is -0.126. The smallest absolute Gasteiger partial charge is 0.256 e. The number of aromatic nitrogens is 1. The van der Waals surface area contributed by atoms with E-state index in [0.717, 1.165) is 25.3 Å². The van der Waals surface area contributed by atoms with Crippen molar-refractivity contribution >= 4 is 27.6 Å². The summed E-state index contributed by atoms with van der Waals surface area (Å²) in [4.78, 5) is 27.5. The van der Waals surface area contributed by atoms with Crippen LogP contribution < -0.4 is 10.9 Å². The van der Waals surface area contributed by atoms with E-state index in [1.807, 2.05) is 0 Å². The third kappa shape index (κ3) is 3.32. The Hall–Kier alpha value is -3.34. The Bertz CT molecular complexity index is 1360. The molecule has 5 nitrogen and oxygen atoms in total. The highest BCUT2D eigenvalue weighted by molar-refractivity contribution is 6.05. The number of rotatable bonds is 4. The molecule has 2 aliphatic rings. The average molecular weight is 439 g/mol. The molecule has 1 amide bonds. The number of benzene rings is 2. The van der Waals surface area contributed by atoms with Crippen LogP contribution in [0.1, 0.15) is 31.2 Å². The lowest BCUT2D eigenvalue weighted by Crippen LogP contribution is -2.41. The number of hydrogen-bond acceptors (Lipinski definition) is 3. The number of halogens is 3. The van der Waals surface area contributed by atoms with Gasteiger partial charge in [-0.05, 0) is 54.2 Å². The monoisotopic (exact) mass is 439 g/mol. The molecule has 5 rings (SSSR count). The summed E-state index contributed by atoms with van der Waals surface area (Å²) in [5.41, 5.74) is -0.439. The van der Waals surface area contributed by atoms with Crippen molar-refractivity contribution in [2.45, 2.75) is 38.1 Å². The molecule has 8 heteroatoms. The predicted octanol–water partition coefficient (Wildman–Crippen LogP) is 4.09. The van der Waals surface area contributed by atoms with Gasteiger partial charge in [0.15, 0.2) is 17.5 Å². The number of nitrogens with zero attached hydrogens (tertiary/aromatic N) is 1. The van der Waals surface area contributed by atoms with Crippen LogP contribution in [0.2, 0.25) is 0 Å². The van der Waals surface area contributed by atoms with Crippen LogP contribution in [0.25, 0.3) is 21.7 Å². The molecule has 1 heterocycles. The molecule has 1 aromatic heterocycles. The fourth-order valence-electron chi connectivity index (χ4n) is 5.46. The van der Waals surface area contributed by atoms with Crippen molar-refractivity contribution in [3.63, 3.8) is 0 Å². The highest BCUT2D eigenvalue weighted by Gasteiger charge is 2.43. The lowest BCUT2D eigenvalue weighted by atomic mass is 9.88. The second-order valence-corrected chi connectivity index (χ2v) is 8.92. The molecule has 2 aromatic carbocycles. The quantitative estimate of drug-likeness (QED) is 0.474. The lowest BCUT2D eigenvalue weighted by Gasteiger charge is -2.22. The Morgan fingerprint density at radius 1 is 1.12 bits per heavy atom. The van der Waals surface area contributed by atoms with Crippen LogP contribution in [-0.2, 0) is 11.2 Å².